The summed E-state index contributed by atoms with van der Waals surface area (Å²) >= 11 is 9.49. The van der Waals surface area contributed by atoms with Crippen LogP contribution in [0.5, 0.6) is 11.6 Å². The molecule has 0 aliphatic heterocycles. The van der Waals surface area contributed by atoms with Gasteiger partial charge in [0.2, 0.25) is 5.88 Å². The molecule has 0 atom stereocenters. The number of rotatable bonds is 4. The van der Waals surface area contributed by atoms with Gasteiger partial charge in [-0.15, -0.1) is 0 Å². The molecule has 0 bridgehead atoms. The molecular formula is C14H14BrClN2O. The van der Waals surface area contributed by atoms with E-state index in [0.717, 1.165) is 22.1 Å². The molecule has 0 saturated heterocycles. The van der Waals surface area contributed by atoms with Gasteiger partial charge in [-0.3, -0.25) is 0 Å². The first-order valence-electron chi connectivity index (χ1n) is 5.83. The maximum Gasteiger partial charge on any atom is 0.222 e. The van der Waals surface area contributed by atoms with Crippen LogP contribution in [-0.4, -0.2) is 12.0 Å². The molecule has 0 amide bonds. The molecule has 0 unspecified atom stereocenters. The molecule has 0 radical (unpaired) electrons. The summed E-state index contributed by atoms with van der Waals surface area (Å²) in [6.45, 7) is 2.75. The van der Waals surface area contributed by atoms with Gasteiger partial charge in [0.1, 0.15) is 5.75 Å². The van der Waals surface area contributed by atoms with Crippen LogP contribution in [0.1, 0.15) is 11.1 Å². The van der Waals surface area contributed by atoms with Gasteiger partial charge in [0.25, 0.3) is 0 Å². The Morgan fingerprint density at radius 3 is 2.84 bits per heavy atom. The summed E-state index contributed by atoms with van der Waals surface area (Å²) in [6, 6.07) is 7.52. The van der Waals surface area contributed by atoms with Crippen molar-refractivity contribution in [3.63, 3.8) is 0 Å². The summed E-state index contributed by atoms with van der Waals surface area (Å²) in [4.78, 5) is 4.33. The van der Waals surface area contributed by atoms with E-state index < -0.39 is 0 Å². The second-order valence-electron chi connectivity index (χ2n) is 4.17. The lowest BCUT2D eigenvalue weighted by Crippen LogP contribution is -2.06. The van der Waals surface area contributed by atoms with E-state index >= 15 is 0 Å². The quantitative estimate of drug-likeness (QED) is 0.899. The van der Waals surface area contributed by atoms with E-state index in [0.29, 0.717) is 16.7 Å². The molecule has 19 heavy (non-hydrogen) atoms. The normalized spacial score (nSPS) is 10.5. The Hall–Kier alpha value is -1.10. The number of aryl methyl sites for hydroxylation is 1. The van der Waals surface area contributed by atoms with Crippen LogP contribution in [0.4, 0.5) is 0 Å². The molecule has 1 aromatic carbocycles. The van der Waals surface area contributed by atoms with Crippen LogP contribution in [0.25, 0.3) is 0 Å². The monoisotopic (exact) mass is 340 g/mol. The van der Waals surface area contributed by atoms with Crippen molar-refractivity contribution in [1.29, 1.82) is 0 Å². The highest BCUT2D eigenvalue weighted by atomic mass is 79.9. The van der Waals surface area contributed by atoms with Gasteiger partial charge in [0, 0.05) is 22.8 Å². The molecule has 100 valence electrons. The minimum atomic E-state index is 0.559. The third-order valence-electron chi connectivity index (χ3n) is 2.57. The van der Waals surface area contributed by atoms with Crippen molar-refractivity contribution in [2.45, 2.75) is 13.5 Å². The van der Waals surface area contributed by atoms with Crippen LogP contribution in [0.3, 0.4) is 0 Å². The summed E-state index contributed by atoms with van der Waals surface area (Å²) in [5.74, 6) is 1.16. The molecule has 0 aliphatic carbocycles. The van der Waals surface area contributed by atoms with E-state index in [1.165, 1.54) is 0 Å². The van der Waals surface area contributed by atoms with Crippen LogP contribution in [0.15, 0.2) is 34.9 Å². The molecule has 0 saturated carbocycles. The average molecular weight is 342 g/mol. The molecule has 0 spiro atoms. The van der Waals surface area contributed by atoms with Crippen molar-refractivity contribution < 1.29 is 4.74 Å². The first kappa shape index (κ1) is 14.3. The van der Waals surface area contributed by atoms with Gasteiger partial charge in [-0.25, -0.2) is 4.98 Å². The van der Waals surface area contributed by atoms with Crippen LogP contribution in [-0.2, 0) is 6.54 Å². The Morgan fingerprint density at radius 1 is 1.37 bits per heavy atom. The lowest BCUT2D eigenvalue weighted by atomic mass is 10.2. The van der Waals surface area contributed by atoms with Gasteiger partial charge < -0.3 is 10.1 Å². The van der Waals surface area contributed by atoms with E-state index in [4.69, 9.17) is 16.3 Å². The van der Waals surface area contributed by atoms with Gasteiger partial charge >= 0.3 is 0 Å². The second-order valence-corrected chi connectivity index (χ2v) is 5.50. The molecule has 0 fully saturated rings. The van der Waals surface area contributed by atoms with Gasteiger partial charge in [0.05, 0.1) is 5.02 Å². The highest BCUT2D eigenvalue weighted by Gasteiger charge is 2.08. The number of nitrogens with one attached hydrogen (secondary N) is 1. The first-order chi connectivity index (χ1) is 9.10. The van der Waals surface area contributed by atoms with E-state index in [1.54, 1.807) is 12.3 Å². The van der Waals surface area contributed by atoms with Crippen LogP contribution < -0.4 is 10.1 Å². The number of ether oxygens (including phenoxy) is 1. The number of pyridine rings is 1. The van der Waals surface area contributed by atoms with E-state index in [2.05, 4.69) is 26.2 Å². The summed E-state index contributed by atoms with van der Waals surface area (Å²) in [5.41, 5.74) is 2.09. The van der Waals surface area contributed by atoms with Crippen molar-refractivity contribution in [3.05, 3.63) is 51.1 Å². The zero-order valence-corrected chi connectivity index (χ0v) is 13.0. The van der Waals surface area contributed by atoms with E-state index in [-0.39, 0.29) is 0 Å². The van der Waals surface area contributed by atoms with Crippen LogP contribution in [0.2, 0.25) is 5.02 Å². The van der Waals surface area contributed by atoms with Crippen molar-refractivity contribution in [1.82, 2.24) is 10.3 Å². The third-order valence-corrected chi connectivity index (χ3v) is 3.37. The molecule has 1 N–H and O–H groups in total. The largest absolute Gasteiger partial charge is 0.437 e. The topological polar surface area (TPSA) is 34.2 Å². The molecule has 5 heteroatoms. The fraction of sp³-hybridized carbons (Fsp3) is 0.214. The van der Waals surface area contributed by atoms with Crippen molar-refractivity contribution in [2.75, 3.05) is 7.05 Å². The van der Waals surface area contributed by atoms with Crippen LogP contribution >= 0.6 is 27.5 Å². The fourth-order valence-corrected chi connectivity index (χ4v) is 2.18. The van der Waals surface area contributed by atoms with Crippen molar-refractivity contribution in [3.8, 4) is 11.6 Å². The van der Waals surface area contributed by atoms with Crippen molar-refractivity contribution in [2.24, 2.45) is 0 Å². The molecule has 1 aromatic heterocycles. The number of aromatic nitrogens is 1. The third kappa shape index (κ3) is 3.69. The Kier molecular flexibility index (Phi) is 4.80. The Labute approximate surface area is 126 Å². The van der Waals surface area contributed by atoms with Gasteiger partial charge in [-0.05, 0) is 43.8 Å². The zero-order valence-electron chi connectivity index (χ0n) is 10.7. The molecule has 2 aromatic rings. The van der Waals surface area contributed by atoms with E-state index in [1.807, 2.05) is 32.2 Å². The first-order valence-corrected chi connectivity index (χ1v) is 7.00. The predicted octanol–water partition coefficient (Wildman–Crippen LogP) is 4.32. The Morgan fingerprint density at radius 2 is 2.16 bits per heavy atom. The van der Waals surface area contributed by atoms with Gasteiger partial charge in [-0.2, -0.15) is 0 Å². The Bertz CT molecular complexity index is 590. The highest BCUT2D eigenvalue weighted by molar-refractivity contribution is 9.10. The minimum absolute atomic E-state index is 0.559. The summed E-state index contributed by atoms with van der Waals surface area (Å²) < 4.78 is 6.67. The second kappa shape index (κ2) is 6.37. The number of halogens is 2. The van der Waals surface area contributed by atoms with Gasteiger partial charge in [0.15, 0.2) is 0 Å². The number of hydrogen-bond donors (Lipinski definition) is 1. The minimum Gasteiger partial charge on any atom is -0.437 e. The van der Waals surface area contributed by atoms with Gasteiger partial charge in [-0.1, -0.05) is 27.5 Å². The summed E-state index contributed by atoms with van der Waals surface area (Å²) in [6.07, 6.45) is 1.80. The number of benzene rings is 1. The highest BCUT2D eigenvalue weighted by Crippen LogP contribution is 2.32. The standard InChI is InChI=1S/C14H14BrClN2O/c1-9-5-10(7-17-2)8-18-14(9)19-13-6-11(15)3-4-12(13)16/h3-6,8,17H,7H2,1-2H3. The lowest BCUT2D eigenvalue weighted by Gasteiger charge is -2.10. The maximum atomic E-state index is 6.10. The summed E-state index contributed by atoms with van der Waals surface area (Å²) in [5, 5.41) is 3.65. The average Bonchev–Trinajstić information content (AvgIpc) is 2.37. The van der Waals surface area contributed by atoms with Crippen LogP contribution in [0, 0.1) is 6.92 Å². The molecule has 0 aliphatic rings. The predicted molar refractivity (Wildman–Crippen MR) is 81.0 cm³/mol. The molecule has 2 rings (SSSR count). The Balaban J connectivity index is 2.25. The number of nitrogens with zero attached hydrogens (tertiary/aromatic N) is 1. The lowest BCUT2D eigenvalue weighted by molar-refractivity contribution is 0.458. The fourth-order valence-electron chi connectivity index (χ4n) is 1.69. The SMILES string of the molecule is CNCc1cnc(Oc2cc(Br)ccc2Cl)c(C)c1. The molecule has 3 nitrogen and oxygen atoms in total. The van der Waals surface area contributed by atoms with E-state index in [9.17, 15) is 0 Å². The molecular weight excluding hydrogens is 328 g/mol. The maximum absolute atomic E-state index is 6.10. The van der Waals surface area contributed by atoms with Crippen molar-refractivity contribution >= 4 is 27.5 Å². The zero-order chi connectivity index (χ0) is 13.8. The smallest absolute Gasteiger partial charge is 0.222 e. The number of hydrogen-bond acceptors (Lipinski definition) is 3. The molecule has 1 heterocycles. The summed E-state index contributed by atoms with van der Waals surface area (Å²) in [7, 11) is 1.90.